The predicted octanol–water partition coefficient (Wildman–Crippen LogP) is 1.63. The van der Waals surface area contributed by atoms with E-state index in [1.54, 1.807) is 0 Å². The van der Waals surface area contributed by atoms with Gasteiger partial charge in [-0.2, -0.15) is 0 Å². The highest BCUT2D eigenvalue weighted by Gasteiger charge is 2.31. The molecule has 1 aliphatic heterocycles. The molecule has 0 aliphatic carbocycles. The SMILES string of the molecule is CC(C)N1CCCC(C)(CCNC=O)C1. The van der Waals surface area contributed by atoms with Gasteiger partial charge in [0.2, 0.25) is 6.41 Å². The minimum Gasteiger partial charge on any atom is -0.359 e. The van der Waals surface area contributed by atoms with Crippen LogP contribution in [0.5, 0.6) is 0 Å². The van der Waals surface area contributed by atoms with Crippen molar-refractivity contribution < 1.29 is 4.79 Å². The van der Waals surface area contributed by atoms with E-state index in [-0.39, 0.29) is 0 Å². The Morgan fingerprint density at radius 3 is 2.87 bits per heavy atom. The summed E-state index contributed by atoms with van der Waals surface area (Å²) in [5, 5.41) is 2.77. The highest BCUT2D eigenvalue weighted by Crippen LogP contribution is 2.33. The van der Waals surface area contributed by atoms with E-state index < -0.39 is 0 Å². The molecule has 1 heterocycles. The minimum absolute atomic E-state index is 0.387. The molecule has 1 fully saturated rings. The molecule has 1 unspecified atom stereocenters. The fourth-order valence-corrected chi connectivity index (χ4v) is 2.44. The lowest BCUT2D eigenvalue weighted by Gasteiger charge is -2.42. The monoisotopic (exact) mass is 212 g/mol. The summed E-state index contributed by atoms with van der Waals surface area (Å²) in [6, 6.07) is 0.642. The zero-order valence-corrected chi connectivity index (χ0v) is 10.3. The number of hydrogen-bond acceptors (Lipinski definition) is 2. The smallest absolute Gasteiger partial charge is 0.207 e. The van der Waals surface area contributed by atoms with Crippen molar-refractivity contribution in [3.05, 3.63) is 0 Å². The summed E-state index contributed by atoms with van der Waals surface area (Å²) in [6.07, 6.45) is 4.47. The molecule has 0 aromatic rings. The van der Waals surface area contributed by atoms with Gasteiger partial charge in [0.05, 0.1) is 0 Å². The Morgan fingerprint density at radius 2 is 2.27 bits per heavy atom. The molecule has 0 spiro atoms. The molecule has 1 rings (SSSR count). The van der Waals surface area contributed by atoms with Gasteiger partial charge in [-0.05, 0) is 45.1 Å². The fourth-order valence-electron chi connectivity index (χ4n) is 2.44. The number of amides is 1. The second-order valence-electron chi connectivity index (χ2n) is 5.30. The van der Waals surface area contributed by atoms with Crippen molar-refractivity contribution in [1.82, 2.24) is 10.2 Å². The number of nitrogens with zero attached hydrogens (tertiary/aromatic N) is 1. The van der Waals surface area contributed by atoms with Gasteiger partial charge in [0.25, 0.3) is 0 Å². The van der Waals surface area contributed by atoms with Gasteiger partial charge in [-0.3, -0.25) is 4.79 Å². The van der Waals surface area contributed by atoms with Crippen LogP contribution in [-0.2, 0) is 4.79 Å². The molecule has 1 amide bonds. The van der Waals surface area contributed by atoms with E-state index in [1.165, 1.54) is 25.9 Å². The van der Waals surface area contributed by atoms with Crippen molar-refractivity contribution in [2.24, 2.45) is 5.41 Å². The number of carbonyl (C=O) groups is 1. The van der Waals surface area contributed by atoms with E-state index in [4.69, 9.17) is 0 Å². The summed E-state index contributed by atoms with van der Waals surface area (Å²) in [5.74, 6) is 0. The van der Waals surface area contributed by atoms with E-state index in [0.717, 1.165) is 19.4 Å². The molecule has 3 heteroatoms. The fraction of sp³-hybridized carbons (Fsp3) is 0.917. The Kier molecular flexibility index (Phi) is 4.58. The lowest BCUT2D eigenvalue weighted by molar-refractivity contribution is -0.109. The van der Waals surface area contributed by atoms with Crippen LogP contribution in [-0.4, -0.2) is 37.0 Å². The maximum Gasteiger partial charge on any atom is 0.207 e. The van der Waals surface area contributed by atoms with Crippen molar-refractivity contribution in [3.63, 3.8) is 0 Å². The molecule has 0 aromatic carbocycles. The van der Waals surface area contributed by atoms with Crippen molar-refractivity contribution in [2.75, 3.05) is 19.6 Å². The second kappa shape index (κ2) is 5.50. The molecule has 1 aliphatic rings. The van der Waals surface area contributed by atoms with E-state index in [9.17, 15) is 4.79 Å². The molecule has 15 heavy (non-hydrogen) atoms. The van der Waals surface area contributed by atoms with Gasteiger partial charge in [-0.15, -0.1) is 0 Å². The van der Waals surface area contributed by atoms with Gasteiger partial charge < -0.3 is 10.2 Å². The van der Waals surface area contributed by atoms with E-state index in [1.807, 2.05) is 0 Å². The summed E-state index contributed by atoms with van der Waals surface area (Å²) in [5.41, 5.74) is 0.387. The first-order chi connectivity index (χ1) is 7.07. The van der Waals surface area contributed by atoms with Gasteiger partial charge in [0.15, 0.2) is 0 Å². The second-order valence-corrected chi connectivity index (χ2v) is 5.30. The summed E-state index contributed by atoms with van der Waals surface area (Å²) < 4.78 is 0. The summed E-state index contributed by atoms with van der Waals surface area (Å²) >= 11 is 0. The molecule has 1 saturated heterocycles. The van der Waals surface area contributed by atoms with Crippen molar-refractivity contribution in [2.45, 2.75) is 46.1 Å². The minimum atomic E-state index is 0.387. The van der Waals surface area contributed by atoms with Gasteiger partial charge in [-0.25, -0.2) is 0 Å². The van der Waals surface area contributed by atoms with Crippen LogP contribution in [0.2, 0.25) is 0 Å². The summed E-state index contributed by atoms with van der Waals surface area (Å²) in [6.45, 7) is 10.1. The molecule has 1 N–H and O–H groups in total. The maximum atomic E-state index is 10.2. The van der Waals surface area contributed by atoms with E-state index >= 15 is 0 Å². The van der Waals surface area contributed by atoms with Gasteiger partial charge in [0.1, 0.15) is 0 Å². The standard InChI is InChI=1S/C12H24N2O/c1-11(2)14-8-4-5-12(3,9-14)6-7-13-10-15/h10-11H,4-9H2,1-3H3,(H,13,15). The number of hydrogen-bond donors (Lipinski definition) is 1. The third-order valence-corrected chi connectivity index (χ3v) is 3.50. The average Bonchev–Trinajstić information content (AvgIpc) is 2.18. The zero-order valence-electron chi connectivity index (χ0n) is 10.3. The Morgan fingerprint density at radius 1 is 1.53 bits per heavy atom. The Balaban J connectivity index is 2.41. The maximum absolute atomic E-state index is 10.2. The molecule has 1 atom stereocenters. The molecular weight excluding hydrogens is 188 g/mol. The Bertz CT molecular complexity index is 206. The first kappa shape index (κ1) is 12.5. The summed E-state index contributed by atoms with van der Waals surface area (Å²) in [7, 11) is 0. The number of nitrogens with one attached hydrogen (secondary N) is 1. The highest BCUT2D eigenvalue weighted by molar-refractivity contribution is 5.45. The van der Waals surface area contributed by atoms with Crippen LogP contribution in [0.1, 0.15) is 40.0 Å². The molecular formula is C12H24N2O. The van der Waals surface area contributed by atoms with Crippen LogP contribution < -0.4 is 5.32 Å². The van der Waals surface area contributed by atoms with Gasteiger partial charge in [-0.1, -0.05) is 6.92 Å². The zero-order chi connectivity index (χ0) is 11.3. The van der Waals surface area contributed by atoms with Crippen LogP contribution >= 0.6 is 0 Å². The predicted molar refractivity (Wildman–Crippen MR) is 62.7 cm³/mol. The molecule has 0 aromatic heterocycles. The van der Waals surface area contributed by atoms with Gasteiger partial charge >= 0.3 is 0 Å². The molecule has 0 saturated carbocycles. The average molecular weight is 212 g/mol. The summed E-state index contributed by atoms with van der Waals surface area (Å²) in [4.78, 5) is 12.7. The number of likely N-dealkylation sites (tertiary alicyclic amines) is 1. The first-order valence-electron chi connectivity index (χ1n) is 5.98. The molecule has 0 bridgehead atoms. The molecule has 0 radical (unpaired) electrons. The third-order valence-electron chi connectivity index (χ3n) is 3.50. The first-order valence-corrected chi connectivity index (χ1v) is 5.98. The quantitative estimate of drug-likeness (QED) is 0.555. The molecule has 88 valence electrons. The van der Waals surface area contributed by atoms with Gasteiger partial charge in [0, 0.05) is 19.1 Å². The van der Waals surface area contributed by atoms with Crippen LogP contribution in [0.4, 0.5) is 0 Å². The molecule has 3 nitrogen and oxygen atoms in total. The number of rotatable bonds is 5. The highest BCUT2D eigenvalue weighted by atomic mass is 16.1. The van der Waals surface area contributed by atoms with E-state index in [0.29, 0.717) is 11.5 Å². The lowest BCUT2D eigenvalue weighted by atomic mass is 9.78. The largest absolute Gasteiger partial charge is 0.359 e. The van der Waals surface area contributed by atoms with Crippen LogP contribution in [0.3, 0.4) is 0 Å². The van der Waals surface area contributed by atoms with Crippen molar-refractivity contribution >= 4 is 6.41 Å². The Hall–Kier alpha value is -0.570. The Labute approximate surface area is 93.2 Å². The third kappa shape index (κ3) is 3.82. The topological polar surface area (TPSA) is 32.3 Å². The number of carbonyl (C=O) groups excluding carboxylic acids is 1. The van der Waals surface area contributed by atoms with Crippen LogP contribution in [0, 0.1) is 5.41 Å². The van der Waals surface area contributed by atoms with Crippen molar-refractivity contribution in [3.8, 4) is 0 Å². The van der Waals surface area contributed by atoms with E-state index in [2.05, 4.69) is 31.0 Å². The lowest BCUT2D eigenvalue weighted by Crippen LogP contribution is -2.45. The van der Waals surface area contributed by atoms with Crippen LogP contribution in [0.15, 0.2) is 0 Å². The normalized spacial score (nSPS) is 28.0. The van der Waals surface area contributed by atoms with Crippen LogP contribution in [0.25, 0.3) is 0 Å². The van der Waals surface area contributed by atoms with Crippen molar-refractivity contribution in [1.29, 1.82) is 0 Å². The number of piperidine rings is 1.